The predicted octanol–water partition coefficient (Wildman–Crippen LogP) is 4.68. The number of methoxy groups -OCH3 is 1. The van der Waals surface area contributed by atoms with Crippen LogP contribution in [0.1, 0.15) is 30.9 Å². The molecule has 0 aliphatic carbocycles. The minimum Gasteiger partial charge on any atom is -0.495 e. The zero-order valence-electron chi connectivity index (χ0n) is 19.2. The van der Waals surface area contributed by atoms with E-state index in [9.17, 15) is 10.1 Å². The summed E-state index contributed by atoms with van der Waals surface area (Å²) in [6, 6.07) is 13.8. The molecule has 0 saturated carbocycles. The summed E-state index contributed by atoms with van der Waals surface area (Å²) in [5.41, 5.74) is 3.96. The first-order valence-electron chi connectivity index (χ1n) is 11.2. The number of anilines is 2. The van der Waals surface area contributed by atoms with Gasteiger partial charge in [0.1, 0.15) is 17.6 Å². The molecule has 0 unspecified atom stereocenters. The fourth-order valence-electron chi connectivity index (χ4n) is 4.36. The largest absolute Gasteiger partial charge is 0.495 e. The minimum atomic E-state index is -0.107. The quantitative estimate of drug-likeness (QED) is 0.594. The van der Waals surface area contributed by atoms with Crippen LogP contribution in [0.15, 0.2) is 42.6 Å². The highest BCUT2D eigenvalue weighted by Gasteiger charge is 2.28. The minimum absolute atomic E-state index is 0.00252. The lowest BCUT2D eigenvalue weighted by atomic mass is 9.94. The summed E-state index contributed by atoms with van der Waals surface area (Å²) in [5, 5.41) is 13.7. The molecule has 0 atom stereocenters. The molecule has 0 spiro atoms. The number of pyridine rings is 1. The van der Waals surface area contributed by atoms with Crippen LogP contribution in [0.2, 0.25) is 0 Å². The number of rotatable bonds is 6. The number of hydrogen-bond donors (Lipinski definition) is 1. The molecule has 2 heterocycles. The summed E-state index contributed by atoms with van der Waals surface area (Å²) < 4.78 is 11.1. The topological polar surface area (TPSA) is 87.5 Å². The fraction of sp³-hybridized carbons (Fsp3) is 0.346. The Morgan fingerprint density at radius 3 is 2.73 bits per heavy atom. The fourth-order valence-corrected chi connectivity index (χ4v) is 4.36. The van der Waals surface area contributed by atoms with Crippen molar-refractivity contribution in [2.24, 2.45) is 5.92 Å². The summed E-state index contributed by atoms with van der Waals surface area (Å²) in [4.78, 5) is 19.6. The Morgan fingerprint density at radius 2 is 2.03 bits per heavy atom. The van der Waals surface area contributed by atoms with Crippen LogP contribution in [-0.2, 0) is 4.79 Å². The van der Waals surface area contributed by atoms with Gasteiger partial charge in [0.05, 0.1) is 36.2 Å². The van der Waals surface area contributed by atoms with Crippen molar-refractivity contribution in [2.75, 3.05) is 37.0 Å². The van der Waals surface area contributed by atoms with Gasteiger partial charge in [0.15, 0.2) is 0 Å². The van der Waals surface area contributed by atoms with Crippen molar-refractivity contribution < 1.29 is 14.3 Å². The van der Waals surface area contributed by atoms with Gasteiger partial charge >= 0.3 is 0 Å². The first kappa shape index (κ1) is 22.4. The number of ether oxygens (including phenoxy) is 2. The van der Waals surface area contributed by atoms with Crippen LogP contribution in [0.5, 0.6) is 11.5 Å². The summed E-state index contributed by atoms with van der Waals surface area (Å²) in [6.07, 6.45) is 3.01. The zero-order chi connectivity index (χ0) is 23.4. The average Bonchev–Trinajstić information content (AvgIpc) is 2.83. The second kappa shape index (κ2) is 9.78. The standard InChI is InChI=1S/C26H28N4O3/c1-4-33-20-6-7-22-21(14-20)25(19(15-27)16-28-22)30-11-9-18(10-12-30)26(31)29-23-13-17(2)5-8-24(23)32-3/h5-8,13-14,16,18H,4,9-12H2,1-3H3,(H,29,31). The number of nitrogens with zero attached hydrogens (tertiary/aromatic N) is 3. The second-order valence-electron chi connectivity index (χ2n) is 8.20. The normalized spacial score (nSPS) is 14.1. The number of nitrogens with one attached hydrogen (secondary N) is 1. The van der Waals surface area contributed by atoms with Crippen LogP contribution in [0.3, 0.4) is 0 Å². The first-order chi connectivity index (χ1) is 16.0. The van der Waals surface area contributed by atoms with Gasteiger partial charge < -0.3 is 19.7 Å². The third kappa shape index (κ3) is 4.70. The number of aryl methyl sites for hydroxylation is 1. The van der Waals surface area contributed by atoms with Gasteiger partial charge in [-0.2, -0.15) is 5.26 Å². The Labute approximate surface area is 193 Å². The zero-order valence-corrected chi connectivity index (χ0v) is 19.2. The van der Waals surface area contributed by atoms with Crippen LogP contribution < -0.4 is 19.7 Å². The van der Waals surface area contributed by atoms with Crippen LogP contribution in [0, 0.1) is 24.2 Å². The summed E-state index contributed by atoms with van der Waals surface area (Å²) >= 11 is 0. The molecule has 33 heavy (non-hydrogen) atoms. The summed E-state index contributed by atoms with van der Waals surface area (Å²) in [7, 11) is 1.60. The maximum atomic E-state index is 13.0. The lowest BCUT2D eigenvalue weighted by Gasteiger charge is -2.34. The third-order valence-corrected chi connectivity index (χ3v) is 6.04. The molecule has 0 radical (unpaired) electrons. The molecular weight excluding hydrogens is 416 g/mol. The van der Waals surface area contributed by atoms with Crippen molar-refractivity contribution in [1.29, 1.82) is 5.26 Å². The van der Waals surface area contributed by atoms with Gasteiger partial charge in [0.2, 0.25) is 5.91 Å². The second-order valence-corrected chi connectivity index (χ2v) is 8.20. The molecule has 1 saturated heterocycles. The number of benzene rings is 2. The molecule has 2 aromatic carbocycles. The van der Waals surface area contributed by atoms with Crippen LogP contribution in [0.4, 0.5) is 11.4 Å². The molecule has 1 aliphatic heterocycles. The van der Waals surface area contributed by atoms with Crippen molar-refractivity contribution in [3.8, 4) is 17.6 Å². The maximum Gasteiger partial charge on any atom is 0.227 e. The van der Waals surface area contributed by atoms with E-state index in [-0.39, 0.29) is 11.8 Å². The van der Waals surface area contributed by atoms with Crippen molar-refractivity contribution in [1.82, 2.24) is 4.98 Å². The molecule has 3 aromatic rings. The summed E-state index contributed by atoms with van der Waals surface area (Å²) in [6.45, 7) is 5.84. The van der Waals surface area contributed by atoms with Crippen molar-refractivity contribution in [3.05, 3.63) is 53.7 Å². The molecule has 1 fully saturated rings. The number of hydrogen-bond acceptors (Lipinski definition) is 6. The molecule has 1 amide bonds. The van der Waals surface area contributed by atoms with Crippen LogP contribution in [-0.4, -0.2) is 37.7 Å². The monoisotopic (exact) mass is 444 g/mol. The van der Waals surface area contributed by atoms with Gasteiger partial charge in [0.25, 0.3) is 0 Å². The predicted molar refractivity (Wildman–Crippen MR) is 129 cm³/mol. The number of nitriles is 1. The Bertz CT molecular complexity index is 1210. The highest BCUT2D eigenvalue weighted by molar-refractivity contribution is 5.96. The van der Waals surface area contributed by atoms with E-state index in [1.165, 1.54) is 0 Å². The number of aromatic nitrogens is 1. The molecule has 0 bridgehead atoms. The van der Waals surface area contributed by atoms with E-state index in [2.05, 4.69) is 21.3 Å². The van der Waals surface area contributed by atoms with E-state index in [1.54, 1.807) is 13.3 Å². The van der Waals surface area contributed by atoms with E-state index >= 15 is 0 Å². The van der Waals surface area contributed by atoms with Crippen molar-refractivity contribution >= 4 is 28.2 Å². The average molecular weight is 445 g/mol. The number of fused-ring (bicyclic) bond motifs is 1. The molecule has 7 heteroatoms. The molecule has 1 N–H and O–H groups in total. The molecule has 7 nitrogen and oxygen atoms in total. The van der Waals surface area contributed by atoms with E-state index in [1.807, 2.05) is 50.2 Å². The van der Waals surface area contributed by atoms with Gasteiger partial charge in [-0.1, -0.05) is 6.07 Å². The van der Waals surface area contributed by atoms with Gasteiger partial charge in [0, 0.05) is 30.6 Å². The van der Waals surface area contributed by atoms with E-state index < -0.39 is 0 Å². The number of piperidine rings is 1. The van der Waals surface area contributed by atoms with Gasteiger partial charge in [-0.3, -0.25) is 9.78 Å². The van der Waals surface area contributed by atoms with E-state index in [0.717, 1.165) is 27.9 Å². The van der Waals surface area contributed by atoms with Crippen molar-refractivity contribution in [3.63, 3.8) is 0 Å². The third-order valence-electron chi connectivity index (χ3n) is 6.04. The Hall–Kier alpha value is -3.79. The Morgan fingerprint density at radius 1 is 1.24 bits per heavy atom. The lowest BCUT2D eigenvalue weighted by molar-refractivity contribution is -0.120. The SMILES string of the molecule is CCOc1ccc2ncc(C#N)c(N3CCC(C(=O)Nc4cc(C)ccc4OC)CC3)c2c1. The maximum absolute atomic E-state index is 13.0. The summed E-state index contributed by atoms with van der Waals surface area (Å²) in [5.74, 6) is 1.30. The first-order valence-corrected chi connectivity index (χ1v) is 11.2. The van der Waals surface area contributed by atoms with Crippen LogP contribution in [0.25, 0.3) is 10.9 Å². The number of amides is 1. The van der Waals surface area contributed by atoms with Gasteiger partial charge in [-0.05, 0) is 62.6 Å². The van der Waals surface area contributed by atoms with Crippen molar-refractivity contribution in [2.45, 2.75) is 26.7 Å². The molecule has 1 aliphatic rings. The molecule has 170 valence electrons. The lowest BCUT2D eigenvalue weighted by Crippen LogP contribution is -2.38. The highest BCUT2D eigenvalue weighted by atomic mass is 16.5. The number of carbonyl (C=O) groups is 1. The Kier molecular flexibility index (Phi) is 6.64. The molecule has 1 aromatic heterocycles. The number of carbonyl (C=O) groups excluding carboxylic acids is 1. The van der Waals surface area contributed by atoms with Gasteiger partial charge in [-0.25, -0.2) is 0 Å². The van der Waals surface area contributed by atoms with E-state index in [4.69, 9.17) is 9.47 Å². The van der Waals surface area contributed by atoms with E-state index in [0.29, 0.717) is 49.5 Å². The Balaban J connectivity index is 1.53. The highest BCUT2D eigenvalue weighted by Crippen LogP contribution is 2.35. The molecule has 4 rings (SSSR count). The van der Waals surface area contributed by atoms with Gasteiger partial charge in [-0.15, -0.1) is 0 Å². The van der Waals surface area contributed by atoms with Crippen LogP contribution >= 0.6 is 0 Å². The smallest absolute Gasteiger partial charge is 0.227 e. The molecular formula is C26H28N4O3.